The summed E-state index contributed by atoms with van der Waals surface area (Å²) in [6.45, 7) is 1.31. The van der Waals surface area contributed by atoms with E-state index in [4.69, 9.17) is 58.0 Å². The van der Waals surface area contributed by atoms with Gasteiger partial charge in [0.15, 0.2) is 5.82 Å². The zero-order chi connectivity index (χ0) is 35.9. The Morgan fingerprint density at radius 1 is 0.745 bits per heavy atom. The third-order valence-corrected chi connectivity index (χ3v) is 7.64. The molecule has 0 fully saturated rings. The van der Waals surface area contributed by atoms with Crippen molar-refractivity contribution in [1.82, 2.24) is 0 Å². The molecule has 3 aromatic carbocycles. The second-order valence-electron chi connectivity index (χ2n) is 9.59. The molecule has 1 atom stereocenters. The fourth-order valence-electron chi connectivity index (χ4n) is 3.82. The second kappa shape index (κ2) is 13.8. The summed E-state index contributed by atoms with van der Waals surface area (Å²) in [4.78, 5) is 37.8. The van der Waals surface area contributed by atoms with Gasteiger partial charge in [-0.25, -0.2) is 8.78 Å². The van der Waals surface area contributed by atoms with Crippen molar-refractivity contribution in [2.24, 2.45) is 0 Å². The normalized spacial score (nSPS) is 13.2. The number of carbonyl (C=O) groups is 3. The average molecular weight is 778 g/mol. The van der Waals surface area contributed by atoms with Gasteiger partial charge in [-0.1, -0.05) is 40.9 Å². The minimum Gasteiger partial charge on any atom is -0.325 e. The second-order valence-corrected chi connectivity index (χ2v) is 12.6. The topological polar surface area (TPSA) is 87.3 Å². The molecule has 254 valence electrons. The molecule has 0 aliphatic heterocycles. The summed E-state index contributed by atoms with van der Waals surface area (Å²) in [6, 6.07) is 8.24. The van der Waals surface area contributed by atoms with Gasteiger partial charge in [-0.3, -0.25) is 14.4 Å². The van der Waals surface area contributed by atoms with Crippen LogP contribution in [-0.4, -0.2) is 40.1 Å². The maximum atomic E-state index is 15.0. The Hall–Kier alpha value is -3.11. The van der Waals surface area contributed by atoms with Gasteiger partial charge in [0.1, 0.15) is 15.8 Å². The highest BCUT2D eigenvalue weighted by Crippen LogP contribution is 2.47. The van der Waals surface area contributed by atoms with Crippen LogP contribution in [0, 0.1) is 11.6 Å². The maximum absolute atomic E-state index is 15.0. The number of halogens is 14. The van der Waals surface area contributed by atoms with Crippen molar-refractivity contribution < 1.29 is 53.9 Å². The maximum Gasteiger partial charge on any atom is 0.460 e. The molecule has 0 aromatic heterocycles. The Bertz CT molecular complexity index is 1730. The van der Waals surface area contributed by atoms with E-state index in [1.54, 1.807) is 0 Å². The zero-order valence-corrected chi connectivity index (χ0v) is 26.5. The number of nitrogens with one attached hydrogen (secondary N) is 3. The molecule has 3 amide bonds. The lowest BCUT2D eigenvalue weighted by Crippen LogP contribution is -2.57. The third kappa shape index (κ3) is 8.13. The molecule has 20 heteroatoms. The lowest BCUT2D eigenvalue weighted by Gasteiger charge is -2.27. The van der Waals surface area contributed by atoms with E-state index in [1.807, 2.05) is 5.32 Å². The standard InChI is InChI=1S/C27H15Cl5F9N3O3/c1-24(31,32)18(10-2-4-14(29)15(30)8-10)22(46)42-11-3-5-13(28)12(9-11)21(45)43-17-7-6-16(33)20(19(17)34)44-23(47)25(35,36)26(37,38)27(39,40)41/h2-9,18H,1H3,(H,42,46)(H,43,45)(H,44,47)/t18-/m0/s1. The highest BCUT2D eigenvalue weighted by Gasteiger charge is 2.76. The predicted molar refractivity (Wildman–Crippen MR) is 158 cm³/mol. The molecule has 0 radical (unpaired) electrons. The minimum atomic E-state index is -6.92. The number of hydrogen-bond donors (Lipinski definition) is 3. The monoisotopic (exact) mass is 775 g/mol. The van der Waals surface area contributed by atoms with Crippen LogP contribution in [0.5, 0.6) is 0 Å². The summed E-state index contributed by atoms with van der Waals surface area (Å²) in [6.07, 6.45) is -6.91. The molecule has 0 heterocycles. The number of rotatable bonds is 9. The summed E-state index contributed by atoms with van der Waals surface area (Å²) >= 11 is 30.5. The first kappa shape index (κ1) is 38.3. The SMILES string of the molecule is CC(Cl)(Cl)[C@H](C(=O)Nc1ccc(Cl)c(C(=O)Nc2ccc(F)c(NC(=O)C(F)(F)C(F)(F)C(F)(F)F)c2F)c1)c1ccc(Cl)c(Cl)c1. The van der Waals surface area contributed by atoms with Gasteiger partial charge in [0.05, 0.1) is 32.2 Å². The van der Waals surface area contributed by atoms with Crippen LogP contribution in [0.1, 0.15) is 28.8 Å². The van der Waals surface area contributed by atoms with Gasteiger partial charge < -0.3 is 16.0 Å². The van der Waals surface area contributed by atoms with Crippen LogP contribution >= 0.6 is 58.0 Å². The Kier molecular flexibility index (Phi) is 11.2. The Balaban J connectivity index is 1.89. The van der Waals surface area contributed by atoms with Crippen molar-refractivity contribution >= 4 is 92.8 Å². The third-order valence-electron chi connectivity index (χ3n) is 6.14. The molecule has 0 saturated heterocycles. The van der Waals surface area contributed by atoms with Gasteiger partial charge in [-0.05, 0) is 55.0 Å². The molecule has 0 saturated carbocycles. The van der Waals surface area contributed by atoms with Crippen molar-refractivity contribution in [3.63, 3.8) is 0 Å². The largest absolute Gasteiger partial charge is 0.460 e. The molecule has 0 unspecified atom stereocenters. The summed E-state index contributed by atoms with van der Waals surface area (Å²) in [7, 11) is 0. The Morgan fingerprint density at radius 2 is 1.34 bits per heavy atom. The number of carbonyl (C=O) groups excluding carboxylic acids is 3. The van der Waals surface area contributed by atoms with Crippen molar-refractivity contribution in [1.29, 1.82) is 0 Å². The predicted octanol–water partition coefficient (Wildman–Crippen LogP) is 9.86. The summed E-state index contributed by atoms with van der Waals surface area (Å²) in [5.41, 5.74) is -3.31. The van der Waals surface area contributed by atoms with Gasteiger partial charge in [0.2, 0.25) is 5.91 Å². The first-order valence-electron chi connectivity index (χ1n) is 12.3. The molecular weight excluding hydrogens is 763 g/mol. The zero-order valence-electron chi connectivity index (χ0n) is 22.7. The number of amides is 3. The van der Waals surface area contributed by atoms with Crippen molar-refractivity contribution in [3.8, 4) is 0 Å². The van der Waals surface area contributed by atoms with Gasteiger partial charge in [-0.15, -0.1) is 23.2 Å². The number of alkyl halides is 9. The highest BCUT2D eigenvalue weighted by molar-refractivity contribution is 6.50. The van der Waals surface area contributed by atoms with Gasteiger partial charge in [-0.2, -0.15) is 30.7 Å². The molecule has 0 spiro atoms. The molecule has 0 aliphatic carbocycles. The van der Waals surface area contributed by atoms with Gasteiger partial charge in [0.25, 0.3) is 5.91 Å². The van der Waals surface area contributed by atoms with Crippen LogP contribution in [-0.2, 0) is 9.59 Å². The van der Waals surface area contributed by atoms with E-state index in [1.165, 1.54) is 31.2 Å². The van der Waals surface area contributed by atoms with E-state index < -0.39 is 74.6 Å². The quantitative estimate of drug-likeness (QED) is 0.149. The summed E-state index contributed by atoms with van der Waals surface area (Å²) in [5, 5.41) is 4.89. The van der Waals surface area contributed by atoms with Crippen LogP contribution in [0.3, 0.4) is 0 Å². The molecule has 47 heavy (non-hydrogen) atoms. The average Bonchev–Trinajstić information content (AvgIpc) is 2.93. The van der Waals surface area contributed by atoms with E-state index >= 15 is 0 Å². The van der Waals surface area contributed by atoms with Gasteiger partial charge in [0, 0.05) is 5.69 Å². The summed E-state index contributed by atoms with van der Waals surface area (Å²) < 4.78 is 119. The highest BCUT2D eigenvalue weighted by atomic mass is 35.5. The molecule has 0 aliphatic rings. The van der Waals surface area contributed by atoms with E-state index in [-0.39, 0.29) is 32.4 Å². The lowest BCUT2D eigenvalue weighted by molar-refractivity contribution is -0.343. The first-order valence-corrected chi connectivity index (χ1v) is 14.2. The van der Waals surface area contributed by atoms with E-state index in [9.17, 15) is 53.9 Å². The van der Waals surface area contributed by atoms with E-state index in [0.29, 0.717) is 11.4 Å². The Morgan fingerprint density at radius 3 is 1.89 bits per heavy atom. The molecule has 0 bridgehead atoms. The summed E-state index contributed by atoms with van der Waals surface area (Å²) in [5.74, 6) is -24.2. The molecule has 3 N–H and O–H groups in total. The van der Waals surface area contributed by atoms with Crippen molar-refractivity contribution in [3.05, 3.63) is 86.4 Å². The van der Waals surface area contributed by atoms with E-state index in [2.05, 4.69) is 5.32 Å². The van der Waals surface area contributed by atoms with Crippen molar-refractivity contribution in [2.45, 2.75) is 35.2 Å². The van der Waals surface area contributed by atoms with Crippen LogP contribution < -0.4 is 16.0 Å². The Labute approximate surface area is 283 Å². The molecule has 3 aromatic rings. The number of benzene rings is 3. The molecule has 6 nitrogen and oxygen atoms in total. The first-order chi connectivity index (χ1) is 21.4. The number of anilines is 3. The molecule has 3 rings (SSSR count). The van der Waals surface area contributed by atoms with Crippen molar-refractivity contribution in [2.75, 3.05) is 16.0 Å². The van der Waals surface area contributed by atoms with Gasteiger partial charge >= 0.3 is 23.9 Å². The smallest absolute Gasteiger partial charge is 0.325 e. The molecular formula is C27H15Cl5F9N3O3. The fourth-order valence-corrected chi connectivity index (χ4v) is 4.78. The lowest BCUT2D eigenvalue weighted by atomic mass is 9.94. The fraction of sp³-hybridized carbons (Fsp3) is 0.222. The number of hydrogen-bond acceptors (Lipinski definition) is 3. The van der Waals surface area contributed by atoms with Crippen LogP contribution in [0.2, 0.25) is 15.1 Å². The van der Waals surface area contributed by atoms with Crippen LogP contribution in [0.15, 0.2) is 48.5 Å². The van der Waals surface area contributed by atoms with Crippen LogP contribution in [0.4, 0.5) is 56.6 Å². The minimum absolute atomic E-state index is 0.0775. The van der Waals surface area contributed by atoms with E-state index in [0.717, 1.165) is 12.1 Å². The van der Waals surface area contributed by atoms with Crippen LogP contribution in [0.25, 0.3) is 0 Å².